The molecule has 31 heavy (non-hydrogen) atoms. The van der Waals surface area contributed by atoms with E-state index in [1.165, 1.54) is 0 Å². The summed E-state index contributed by atoms with van der Waals surface area (Å²) in [7, 11) is 0. The van der Waals surface area contributed by atoms with Gasteiger partial charge in [-0.1, -0.05) is 30.3 Å². The molecule has 7 nitrogen and oxygen atoms in total. The molecule has 1 atom stereocenters. The van der Waals surface area contributed by atoms with Crippen LogP contribution < -0.4 is 10.6 Å². The molecule has 1 aliphatic rings. The Morgan fingerprint density at radius 1 is 1.23 bits per heavy atom. The first kappa shape index (κ1) is 23.3. The molecule has 1 fully saturated rings. The number of aliphatic imine (C=N–C) groups is 1. The zero-order valence-electron chi connectivity index (χ0n) is 19.3. The molecule has 1 saturated heterocycles. The first-order valence-corrected chi connectivity index (χ1v) is 11.3. The lowest BCUT2D eigenvalue weighted by Crippen LogP contribution is -2.43. The highest BCUT2D eigenvalue weighted by Gasteiger charge is 2.23. The second-order valence-electron chi connectivity index (χ2n) is 8.68. The Hall–Kier alpha value is -2.38. The summed E-state index contributed by atoms with van der Waals surface area (Å²) in [6, 6.07) is 9.70. The molecule has 170 valence electrons. The average Bonchev–Trinajstić information content (AvgIpc) is 3.08. The fourth-order valence-corrected chi connectivity index (χ4v) is 3.85. The first-order valence-electron chi connectivity index (χ1n) is 11.3. The second-order valence-corrected chi connectivity index (χ2v) is 8.68. The number of aromatic nitrogens is 1. The third kappa shape index (κ3) is 6.80. The third-order valence-corrected chi connectivity index (χ3v) is 5.98. The maximum atomic E-state index is 10.8. The number of hydrogen-bond acceptors (Lipinski definition) is 5. The predicted molar refractivity (Wildman–Crippen MR) is 124 cm³/mol. The van der Waals surface area contributed by atoms with Gasteiger partial charge in [-0.2, -0.15) is 0 Å². The van der Waals surface area contributed by atoms with Crippen LogP contribution in [0, 0.1) is 19.8 Å². The van der Waals surface area contributed by atoms with Gasteiger partial charge in [0.1, 0.15) is 11.4 Å². The summed E-state index contributed by atoms with van der Waals surface area (Å²) in [5, 5.41) is 17.6. The van der Waals surface area contributed by atoms with Gasteiger partial charge in [0.15, 0.2) is 5.96 Å². The highest BCUT2D eigenvalue weighted by molar-refractivity contribution is 5.79. The van der Waals surface area contributed by atoms with Crippen LogP contribution in [0.2, 0.25) is 0 Å². The molecule has 1 unspecified atom stereocenters. The Kier molecular flexibility index (Phi) is 8.09. The van der Waals surface area contributed by atoms with Gasteiger partial charge in [0.25, 0.3) is 0 Å². The van der Waals surface area contributed by atoms with Crippen molar-refractivity contribution >= 4 is 5.96 Å². The molecule has 0 radical (unpaired) electrons. The minimum Gasteiger partial charge on any atom is -0.444 e. The van der Waals surface area contributed by atoms with Gasteiger partial charge in [0.2, 0.25) is 5.89 Å². The largest absolute Gasteiger partial charge is 0.444 e. The predicted octanol–water partition coefficient (Wildman–Crippen LogP) is 2.97. The highest BCUT2D eigenvalue weighted by atomic mass is 16.4. The maximum Gasteiger partial charge on any atom is 0.208 e. The van der Waals surface area contributed by atoms with Crippen LogP contribution in [-0.2, 0) is 12.1 Å². The lowest BCUT2D eigenvalue weighted by Gasteiger charge is -2.31. The standard InChI is InChI=1S/C24H37N5O2/c1-5-25-23(27-17-24(4,30)21-9-7-6-8-10-21)26-15-20-11-13-29(14-12-20)16-22-28-18(2)19(3)31-22/h6-10,20,30H,5,11-17H2,1-4H3,(H2,25,26,27). The summed E-state index contributed by atoms with van der Waals surface area (Å²) >= 11 is 0. The van der Waals surface area contributed by atoms with Crippen molar-refractivity contribution in [3.8, 4) is 0 Å². The molecule has 1 aliphatic heterocycles. The third-order valence-electron chi connectivity index (χ3n) is 5.98. The van der Waals surface area contributed by atoms with Crippen molar-refractivity contribution in [2.45, 2.75) is 52.7 Å². The lowest BCUT2D eigenvalue weighted by molar-refractivity contribution is 0.0672. The van der Waals surface area contributed by atoms with E-state index >= 15 is 0 Å². The number of aryl methyl sites for hydroxylation is 2. The van der Waals surface area contributed by atoms with Gasteiger partial charge in [-0.25, -0.2) is 9.98 Å². The van der Waals surface area contributed by atoms with Crippen molar-refractivity contribution in [3.63, 3.8) is 0 Å². The number of hydrogen-bond donors (Lipinski definition) is 3. The van der Waals surface area contributed by atoms with E-state index in [1.54, 1.807) is 0 Å². The van der Waals surface area contributed by atoms with Crippen molar-refractivity contribution in [3.05, 3.63) is 53.2 Å². The van der Waals surface area contributed by atoms with Crippen molar-refractivity contribution in [1.29, 1.82) is 0 Å². The molecule has 0 saturated carbocycles. The Morgan fingerprint density at radius 2 is 1.94 bits per heavy atom. The van der Waals surface area contributed by atoms with Gasteiger partial charge in [0, 0.05) is 13.1 Å². The number of guanidine groups is 1. The first-order chi connectivity index (χ1) is 14.9. The van der Waals surface area contributed by atoms with E-state index in [0.717, 1.165) is 74.4 Å². The quantitative estimate of drug-likeness (QED) is 0.444. The van der Waals surface area contributed by atoms with Crippen LogP contribution in [0.1, 0.15) is 49.6 Å². The number of likely N-dealkylation sites (tertiary alicyclic amines) is 1. The fraction of sp³-hybridized carbons (Fsp3) is 0.583. The summed E-state index contributed by atoms with van der Waals surface area (Å²) in [6.45, 7) is 12.7. The molecule has 1 aromatic carbocycles. The van der Waals surface area contributed by atoms with Crippen molar-refractivity contribution in [1.82, 2.24) is 20.5 Å². The molecule has 1 aromatic heterocycles. The number of aliphatic hydroxyl groups is 1. The van der Waals surface area contributed by atoms with E-state index < -0.39 is 5.60 Å². The monoisotopic (exact) mass is 427 g/mol. The van der Waals surface area contributed by atoms with Gasteiger partial charge in [-0.15, -0.1) is 0 Å². The van der Waals surface area contributed by atoms with Gasteiger partial charge in [0.05, 0.1) is 18.8 Å². The molecule has 2 aromatic rings. The van der Waals surface area contributed by atoms with Crippen molar-refractivity contribution < 1.29 is 9.52 Å². The summed E-state index contributed by atoms with van der Waals surface area (Å²) in [4.78, 5) is 11.6. The molecule has 2 heterocycles. The van der Waals surface area contributed by atoms with Crippen LogP contribution in [0.4, 0.5) is 0 Å². The van der Waals surface area contributed by atoms with Crippen LogP contribution in [0.3, 0.4) is 0 Å². The number of oxazole rings is 1. The van der Waals surface area contributed by atoms with Crippen LogP contribution in [-0.4, -0.2) is 53.7 Å². The van der Waals surface area contributed by atoms with Gasteiger partial charge in [-0.05, 0) is 65.1 Å². The van der Waals surface area contributed by atoms with Crippen LogP contribution in [0.5, 0.6) is 0 Å². The normalized spacial score (nSPS) is 18.0. The minimum absolute atomic E-state index is 0.305. The van der Waals surface area contributed by atoms with Crippen molar-refractivity contribution in [2.24, 2.45) is 10.9 Å². The van der Waals surface area contributed by atoms with Crippen LogP contribution in [0.15, 0.2) is 39.7 Å². The van der Waals surface area contributed by atoms with E-state index in [9.17, 15) is 5.11 Å². The molecular weight excluding hydrogens is 390 g/mol. The SMILES string of the molecule is CCNC(=NCC(C)(O)c1ccccc1)NCC1CCN(Cc2nc(C)c(C)o2)CC1. The van der Waals surface area contributed by atoms with E-state index in [1.807, 2.05) is 51.1 Å². The Morgan fingerprint density at radius 3 is 2.55 bits per heavy atom. The molecule has 0 aliphatic carbocycles. The number of benzene rings is 1. The topological polar surface area (TPSA) is 85.9 Å². The number of piperidine rings is 1. The molecule has 3 rings (SSSR count). The molecule has 3 N–H and O–H groups in total. The number of nitrogens with one attached hydrogen (secondary N) is 2. The van der Waals surface area contributed by atoms with Gasteiger partial charge >= 0.3 is 0 Å². The zero-order chi connectivity index (χ0) is 22.3. The summed E-state index contributed by atoms with van der Waals surface area (Å²) in [5.41, 5.74) is 0.861. The Labute approximate surface area is 186 Å². The zero-order valence-corrected chi connectivity index (χ0v) is 19.3. The van der Waals surface area contributed by atoms with E-state index in [4.69, 9.17) is 4.42 Å². The van der Waals surface area contributed by atoms with E-state index in [2.05, 4.69) is 32.4 Å². The molecule has 0 amide bonds. The van der Waals surface area contributed by atoms with Crippen LogP contribution in [0.25, 0.3) is 0 Å². The van der Waals surface area contributed by atoms with Crippen molar-refractivity contribution in [2.75, 3.05) is 32.7 Å². The van der Waals surface area contributed by atoms with E-state index in [0.29, 0.717) is 12.5 Å². The van der Waals surface area contributed by atoms with E-state index in [-0.39, 0.29) is 0 Å². The second kappa shape index (κ2) is 10.8. The average molecular weight is 428 g/mol. The number of rotatable bonds is 8. The minimum atomic E-state index is -0.994. The number of nitrogens with zero attached hydrogens (tertiary/aromatic N) is 3. The van der Waals surface area contributed by atoms with Crippen LogP contribution >= 0.6 is 0 Å². The highest BCUT2D eigenvalue weighted by Crippen LogP contribution is 2.21. The Balaban J connectivity index is 1.46. The molecular formula is C24H37N5O2. The maximum absolute atomic E-state index is 10.8. The lowest BCUT2D eigenvalue weighted by atomic mass is 9.96. The summed E-state index contributed by atoms with van der Waals surface area (Å²) in [5.74, 6) is 3.09. The summed E-state index contributed by atoms with van der Waals surface area (Å²) < 4.78 is 5.73. The summed E-state index contributed by atoms with van der Waals surface area (Å²) in [6.07, 6.45) is 2.26. The molecule has 0 bridgehead atoms. The van der Waals surface area contributed by atoms with Gasteiger partial charge in [-0.3, -0.25) is 4.90 Å². The molecule has 0 spiro atoms. The molecule has 7 heteroatoms. The van der Waals surface area contributed by atoms with Gasteiger partial charge < -0.3 is 20.2 Å². The smallest absolute Gasteiger partial charge is 0.208 e. The fourth-order valence-electron chi connectivity index (χ4n) is 3.85. The Bertz CT molecular complexity index is 819.